The summed E-state index contributed by atoms with van der Waals surface area (Å²) in [6.45, 7) is 4.50. The number of amidine groups is 1. The molecule has 0 radical (unpaired) electrons. The van der Waals surface area contributed by atoms with Crippen molar-refractivity contribution in [3.8, 4) is 0 Å². The van der Waals surface area contributed by atoms with Crippen LogP contribution in [0.4, 0.5) is 11.4 Å². The average Bonchev–Trinajstić information content (AvgIpc) is 3.30. The first-order valence-corrected chi connectivity index (χ1v) is 17.6. The Morgan fingerprint density at radius 3 is 1.60 bits per heavy atom. The number of aliphatic imine (C=N–C) groups is 1. The minimum absolute atomic E-state index is 0.167. The Morgan fingerprint density at radius 1 is 0.698 bits per heavy atom. The topological polar surface area (TPSA) is 70.0 Å². The highest BCUT2D eigenvalue weighted by atomic mass is 32.2. The zero-order valence-electron chi connectivity index (χ0n) is 26.5. The first-order chi connectivity index (χ1) is 21.0. The Hall–Kier alpha value is -2.86. The van der Waals surface area contributed by atoms with Crippen LogP contribution in [-0.4, -0.2) is 22.2 Å². The second-order valence-corrected chi connectivity index (χ2v) is 12.8. The molecular weight excluding hydrogens is 552 g/mol. The molecule has 0 aromatic heterocycles. The maximum Gasteiger partial charge on any atom is 0.329 e. The highest BCUT2D eigenvalue weighted by molar-refractivity contribution is 8.19. The molecule has 1 heterocycles. The molecular formula is C37H52N2O3S. The van der Waals surface area contributed by atoms with Crippen LogP contribution < -0.4 is 4.90 Å². The number of carboxylic acid groups (broad SMARTS) is 1. The van der Waals surface area contributed by atoms with Gasteiger partial charge in [0.1, 0.15) is 0 Å². The number of aryl methyl sites for hydroxylation is 2. The summed E-state index contributed by atoms with van der Waals surface area (Å²) in [5.41, 5.74) is 4.00. The molecule has 43 heavy (non-hydrogen) atoms. The fourth-order valence-corrected chi connectivity index (χ4v) is 6.44. The summed E-state index contributed by atoms with van der Waals surface area (Å²) >= 11 is 1.11. The lowest BCUT2D eigenvalue weighted by molar-refractivity contribution is -0.131. The van der Waals surface area contributed by atoms with Crippen LogP contribution in [0.1, 0.15) is 128 Å². The van der Waals surface area contributed by atoms with Crippen molar-refractivity contribution >= 4 is 40.2 Å². The van der Waals surface area contributed by atoms with Gasteiger partial charge < -0.3 is 5.11 Å². The number of amides is 1. The van der Waals surface area contributed by atoms with E-state index in [1.54, 1.807) is 0 Å². The molecule has 1 aliphatic heterocycles. The van der Waals surface area contributed by atoms with Gasteiger partial charge in [-0.1, -0.05) is 128 Å². The largest absolute Gasteiger partial charge is 0.478 e. The standard InChI is InChI=1S/C37H52N2O3S/c1-3-5-7-9-11-13-15-17-19-30-21-25-32(26-22-30)38-37-39(36(42)34(43-37)29-35(40)41)33-27-23-31(24-28-33)20-18-16-14-12-10-8-6-4-2/h21-29H,3-20H2,1-2H3,(H,40,41). The van der Waals surface area contributed by atoms with Gasteiger partial charge in [-0.05, 0) is 72.8 Å². The molecule has 0 spiro atoms. The van der Waals surface area contributed by atoms with Crippen LogP contribution in [-0.2, 0) is 22.4 Å². The van der Waals surface area contributed by atoms with Gasteiger partial charge in [-0.25, -0.2) is 9.79 Å². The molecule has 6 heteroatoms. The molecule has 2 aromatic carbocycles. The summed E-state index contributed by atoms with van der Waals surface area (Å²) in [5.74, 6) is -1.49. The highest BCUT2D eigenvalue weighted by Gasteiger charge is 2.35. The van der Waals surface area contributed by atoms with E-state index in [0.717, 1.165) is 36.4 Å². The molecule has 0 saturated carbocycles. The predicted molar refractivity (Wildman–Crippen MR) is 183 cm³/mol. The minimum Gasteiger partial charge on any atom is -0.478 e. The van der Waals surface area contributed by atoms with Crippen LogP contribution >= 0.6 is 11.8 Å². The van der Waals surface area contributed by atoms with Crippen molar-refractivity contribution in [3.05, 3.63) is 70.6 Å². The van der Waals surface area contributed by atoms with Crippen molar-refractivity contribution in [1.82, 2.24) is 0 Å². The second kappa shape index (κ2) is 20.2. The quantitative estimate of drug-likeness (QED) is 0.114. The van der Waals surface area contributed by atoms with Gasteiger partial charge in [0.25, 0.3) is 5.91 Å². The van der Waals surface area contributed by atoms with Crippen molar-refractivity contribution in [2.45, 2.75) is 129 Å². The fraction of sp³-hybridized carbons (Fsp3) is 0.541. The Labute approximate surface area is 264 Å². The van der Waals surface area contributed by atoms with E-state index >= 15 is 0 Å². The molecule has 0 aliphatic carbocycles. The van der Waals surface area contributed by atoms with Crippen LogP contribution in [0.2, 0.25) is 0 Å². The highest BCUT2D eigenvalue weighted by Crippen LogP contribution is 2.36. The van der Waals surface area contributed by atoms with E-state index in [2.05, 4.69) is 38.1 Å². The number of rotatable bonds is 21. The van der Waals surface area contributed by atoms with E-state index in [1.165, 1.54) is 119 Å². The average molecular weight is 605 g/mol. The number of anilines is 1. The van der Waals surface area contributed by atoms with Crippen LogP contribution in [0.15, 0.2) is 64.5 Å². The number of hydrogen-bond acceptors (Lipinski definition) is 4. The van der Waals surface area contributed by atoms with Gasteiger partial charge in [-0.3, -0.25) is 9.69 Å². The van der Waals surface area contributed by atoms with E-state index in [-0.39, 0.29) is 10.8 Å². The normalized spacial score (nSPS) is 15.2. The van der Waals surface area contributed by atoms with Crippen LogP contribution in [0.3, 0.4) is 0 Å². The van der Waals surface area contributed by atoms with E-state index in [1.807, 2.05) is 24.3 Å². The molecule has 0 unspecified atom stereocenters. The third-order valence-corrected chi connectivity index (χ3v) is 9.02. The number of thioether (sulfide) groups is 1. The summed E-state index contributed by atoms with van der Waals surface area (Å²) in [5, 5.41) is 9.79. The lowest BCUT2D eigenvalue weighted by Crippen LogP contribution is -2.28. The lowest BCUT2D eigenvalue weighted by atomic mass is 10.0. The zero-order valence-corrected chi connectivity index (χ0v) is 27.3. The van der Waals surface area contributed by atoms with Crippen molar-refractivity contribution in [2.75, 3.05) is 4.90 Å². The maximum atomic E-state index is 13.3. The summed E-state index contributed by atoms with van der Waals surface area (Å²) in [6, 6.07) is 16.2. The first kappa shape index (κ1) is 34.6. The van der Waals surface area contributed by atoms with E-state index in [0.29, 0.717) is 10.9 Å². The second-order valence-electron chi connectivity index (χ2n) is 11.8. The molecule has 0 bridgehead atoms. The van der Waals surface area contributed by atoms with Crippen LogP contribution in [0.25, 0.3) is 0 Å². The van der Waals surface area contributed by atoms with Crippen molar-refractivity contribution in [2.24, 2.45) is 4.99 Å². The molecule has 1 saturated heterocycles. The van der Waals surface area contributed by atoms with E-state index < -0.39 is 5.97 Å². The molecule has 1 aliphatic rings. The van der Waals surface area contributed by atoms with Gasteiger partial charge in [-0.15, -0.1) is 0 Å². The number of aliphatic carboxylic acids is 1. The molecule has 1 fully saturated rings. The maximum absolute atomic E-state index is 13.3. The summed E-state index contributed by atoms with van der Waals surface area (Å²) in [6.07, 6.45) is 23.9. The Morgan fingerprint density at radius 2 is 1.14 bits per heavy atom. The smallest absolute Gasteiger partial charge is 0.329 e. The lowest BCUT2D eigenvalue weighted by Gasteiger charge is -2.16. The number of carbonyl (C=O) groups excluding carboxylic acids is 1. The molecule has 0 atom stereocenters. The Bertz CT molecular complexity index is 1170. The summed E-state index contributed by atoms with van der Waals surface area (Å²) in [4.78, 5) is 31.1. The minimum atomic E-state index is -1.14. The number of nitrogens with zero attached hydrogens (tertiary/aromatic N) is 2. The monoisotopic (exact) mass is 604 g/mol. The van der Waals surface area contributed by atoms with Gasteiger partial charge in [0.05, 0.1) is 16.3 Å². The van der Waals surface area contributed by atoms with Gasteiger partial charge in [0.15, 0.2) is 5.17 Å². The summed E-state index contributed by atoms with van der Waals surface area (Å²) in [7, 11) is 0. The Balaban J connectivity index is 1.57. The van der Waals surface area contributed by atoms with E-state index in [4.69, 9.17) is 4.99 Å². The molecule has 1 N–H and O–H groups in total. The SMILES string of the molecule is CCCCCCCCCCc1ccc(N=C2SC(=CC(=O)O)C(=O)N2c2ccc(CCCCCCCCCC)cc2)cc1. The van der Waals surface area contributed by atoms with Gasteiger partial charge in [0.2, 0.25) is 0 Å². The molecule has 3 rings (SSSR count). The molecule has 5 nitrogen and oxygen atoms in total. The van der Waals surface area contributed by atoms with Crippen LogP contribution in [0, 0.1) is 0 Å². The number of benzene rings is 2. The van der Waals surface area contributed by atoms with Gasteiger partial charge >= 0.3 is 5.97 Å². The third kappa shape index (κ3) is 12.7. The van der Waals surface area contributed by atoms with Crippen molar-refractivity contribution < 1.29 is 14.7 Å². The zero-order chi connectivity index (χ0) is 30.7. The van der Waals surface area contributed by atoms with Crippen molar-refractivity contribution in [1.29, 1.82) is 0 Å². The van der Waals surface area contributed by atoms with E-state index in [9.17, 15) is 14.7 Å². The van der Waals surface area contributed by atoms with Crippen LogP contribution in [0.5, 0.6) is 0 Å². The molecule has 1 amide bonds. The molecule has 234 valence electrons. The number of carboxylic acids is 1. The fourth-order valence-electron chi connectivity index (χ4n) is 5.47. The first-order valence-electron chi connectivity index (χ1n) is 16.7. The van der Waals surface area contributed by atoms with Gasteiger partial charge in [-0.2, -0.15) is 0 Å². The number of unbranched alkanes of at least 4 members (excludes halogenated alkanes) is 14. The summed E-state index contributed by atoms with van der Waals surface area (Å²) < 4.78 is 0. The Kier molecular flexibility index (Phi) is 16.2. The number of hydrogen-bond donors (Lipinski definition) is 1. The van der Waals surface area contributed by atoms with Crippen molar-refractivity contribution in [3.63, 3.8) is 0 Å². The predicted octanol–water partition coefficient (Wildman–Crippen LogP) is 10.8. The molecule has 2 aromatic rings. The van der Waals surface area contributed by atoms with Gasteiger partial charge in [0, 0.05) is 6.08 Å². The number of carbonyl (C=O) groups is 2. The third-order valence-electron chi connectivity index (χ3n) is 8.05.